The van der Waals surface area contributed by atoms with Gasteiger partial charge in [-0.05, 0) is 48.6 Å². The van der Waals surface area contributed by atoms with Crippen molar-refractivity contribution in [2.75, 3.05) is 6.61 Å². The first-order valence-electron chi connectivity index (χ1n) is 11.3. The molecule has 35 heavy (non-hydrogen) atoms. The third kappa shape index (κ3) is 4.60. The van der Waals surface area contributed by atoms with Gasteiger partial charge in [-0.15, -0.1) is 0 Å². The molecule has 0 spiro atoms. The molecule has 1 aliphatic heterocycles. The largest absolute Gasteiger partial charge is 0.494 e. The van der Waals surface area contributed by atoms with Crippen molar-refractivity contribution in [2.45, 2.75) is 39.5 Å². The van der Waals surface area contributed by atoms with E-state index in [1.165, 1.54) is 17.3 Å². The van der Waals surface area contributed by atoms with Gasteiger partial charge in [0, 0.05) is 18.2 Å². The molecule has 1 aromatic heterocycles. The number of halogens is 1. The Morgan fingerprint density at radius 1 is 1.31 bits per heavy atom. The summed E-state index contributed by atoms with van der Waals surface area (Å²) >= 11 is 6.11. The fourth-order valence-electron chi connectivity index (χ4n) is 4.61. The maximum absolute atomic E-state index is 13.5. The number of nitrogens with zero attached hydrogens (tertiary/aromatic N) is 3. The fraction of sp³-hybridized carbons (Fsp3) is 0.308. The Kier molecular flexibility index (Phi) is 6.55. The molecule has 1 amide bonds. The van der Waals surface area contributed by atoms with E-state index in [1.54, 1.807) is 18.2 Å². The minimum atomic E-state index is -0.649. The summed E-state index contributed by atoms with van der Waals surface area (Å²) in [6, 6.07) is 12.6. The molecule has 3 N–H and O–H groups in total. The molecule has 0 bridgehead atoms. The van der Waals surface area contributed by atoms with Gasteiger partial charge in [-0.3, -0.25) is 15.0 Å². The Labute approximate surface area is 209 Å². The van der Waals surface area contributed by atoms with E-state index in [-0.39, 0.29) is 33.3 Å². The maximum atomic E-state index is 13.5. The van der Waals surface area contributed by atoms with E-state index >= 15 is 0 Å². The number of hydrogen-bond acceptors (Lipinski definition) is 7. The summed E-state index contributed by atoms with van der Waals surface area (Å²) in [7, 11) is 0. The minimum Gasteiger partial charge on any atom is -0.494 e. The van der Waals surface area contributed by atoms with E-state index in [0.29, 0.717) is 36.5 Å². The molecular weight excluding hydrogens is 466 g/mol. The molecule has 0 radical (unpaired) electrons. The number of ketones is 1. The number of ether oxygens (including phenoxy) is 1. The van der Waals surface area contributed by atoms with Crippen LogP contribution in [-0.4, -0.2) is 28.3 Å². The van der Waals surface area contributed by atoms with Crippen LogP contribution in [0.3, 0.4) is 0 Å². The van der Waals surface area contributed by atoms with Crippen molar-refractivity contribution >= 4 is 23.3 Å². The summed E-state index contributed by atoms with van der Waals surface area (Å²) in [5, 5.41) is 11.5. The van der Waals surface area contributed by atoms with Gasteiger partial charge in [0.25, 0.3) is 5.91 Å². The highest BCUT2D eigenvalue weighted by molar-refractivity contribution is 6.32. The van der Waals surface area contributed by atoms with Crippen LogP contribution in [0.1, 0.15) is 55.5 Å². The van der Waals surface area contributed by atoms with Crippen LogP contribution in [0.5, 0.6) is 5.75 Å². The van der Waals surface area contributed by atoms with Crippen molar-refractivity contribution in [1.82, 2.24) is 15.4 Å². The highest BCUT2D eigenvalue weighted by atomic mass is 35.5. The Bertz CT molecular complexity index is 1290. The molecule has 1 aromatic carbocycles. The van der Waals surface area contributed by atoms with Crippen LogP contribution in [0.4, 0.5) is 0 Å². The van der Waals surface area contributed by atoms with E-state index < -0.39 is 11.8 Å². The van der Waals surface area contributed by atoms with E-state index in [1.807, 2.05) is 32.9 Å². The molecular formula is C26H26ClN5O3. The van der Waals surface area contributed by atoms with E-state index in [0.717, 1.165) is 5.56 Å². The number of nitriles is 1. The van der Waals surface area contributed by atoms with Gasteiger partial charge in [0.15, 0.2) is 5.78 Å². The second-order valence-corrected chi connectivity index (χ2v) is 9.62. The molecule has 180 valence electrons. The van der Waals surface area contributed by atoms with Crippen LogP contribution in [0.15, 0.2) is 65.3 Å². The number of pyridine rings is 1. The van der Waals surface area contributed by atoms with Gasteiger partial charge in [-0.25, -0.2) is 9.99 Å². The molecule has 1 atom stereocenters. The lowest BCUT2D eigenvalue weighted by atomic mass is 9.69. The maximum Gasteiger partial charge on any atom is 0.273 e. The first-order chi connectivity index (χ1) is 16.7. The molecule has 2 aliphatic rings. The summed E-state index contributed by atoms with van der Waals surface area (Å²) < 4.78 is 5.54. The molecule has 8 nitrogen and oxygen atoms in total. The molecule has 2 aromatic rings. The average Bonchev–Trinajstić information content (AvgIpc) is 2.81. The van der Waals surface area contributed by atoms with Crippen LogP contribution < -0.4 is 15.9 Å². The zero-order valence-corrected chi connectivity index (χ0v) is 20.5. The Hall–Kier alpha value is -3.83. The van der Waals surface area contributed by atoms with E-state index in [9.17, 15) is 14.9 Å². The number of amides is 1. The summed E-state index contributed by atoms with van der Waals surface area (Å²) in [6.45, 7) is 6.39. The number of hydrazine groups is 1. The number of allylic oxidation sites excluding steroid dienone is 3. The number of nitrogens with two attached hydrogens (primary N) is 1. The molecule has 1 unspecified atom stereocenters. The highest BCUT2D eigenvalue weighted by Crippen LogP contribution is 2.48. The molecule has 0 saturated heterocycles. The number of aromatic nitrogens is 1. The topological polar surface area (TPSA) is 121 Å². The molecule has 0 saturated carbocycles. The summed E-state index contributed by atoms with van der Waals surface area (Å²) in [4.78, 5) is 30.5. The van der Waals surface area contributed by atoms with Gasteiger partial charge in [0.2, 0.25) is 0 Å². The van der Waals surface area contributed by atoms with Crippen molar-refractivity contribution in [3.63, 3.8) is 0 Å². The number of hydrogen-bond donors (Lipinski definition) is 2. The predicted octanol–water partition coefficient (Wildman–Crippen LogP) is 4.21. The predicted molar refractivity (Wildman–Crippen MR) is 131 cm³/mol. The van der Waals surface area contributed by atoms with Crippen LogP contribution >= 0.6 is 11.6 Å². The minimum absolute atomic E-state index is 0.0339. The monoisotopic (exact) mass is 491 g/mol. The lowest BCUT2D eigenvalue weighted by Gasteiger charge is -2.43. The van der Waals surface area contributed by atoms with Crippen molar-refractivity contribution in [3.8, 4) is 11.8 Å². The number of benzene rings is 1. The first-order valence-corrected chi connectivity index (χ1v) is 11.6. The smallest absolute Gasteiger partial charge is 0.273 e. The SMILES string of the molecule is CCOc1ccc(C2C(C#N)=C(N)N(NC(=O)c3cccnc3Cl)C3=C2C(=O)CC(C)(C)C3)cc1. The number of carbonyl (C=O) groups excluding carboxylic acids is 2. The number of carbonyl (C=O) groups is 2. The van der Waals surface area contributed by atoms with E-state index in [4.69, 9.17) is 22.1 Å². The van der Waals surface area contributed by atoms with Crippen molar-refractivity contribution in [3.05, 3.63) is 81.5 Å². The van der Waals surface area contributed by atoms with Gasteiger partial charge in [0.1, 0.15) is 16.7 Å². The fourth-order valence-corrected chi connectivity index (χ4v) is 4.82. The van der Waals surface area contributed by atoms with Crippen LogP contribution in [0, 0.1) is 16.7 Å². The zero-order chi connectivity index (χ0) is 25.3. The Morgan fingerprint density at radius 2 is 2.03 bits per heavy atom. The highest BCUT2D eigenvalue weighted by Gasteiger charge is 2.45. The van der Waals surface area contributed by atoms with Gasteiger partial charge in [0.05, 0.1) is 35.4 Å². The number of nitrogens with one attached hydrogen (secondary N) is 1. The lowest BCUT2D eigenvalue weighted by molar-refractivity contribution is -0.118. The summed E-state index contributed by atoms with van der Waals surface area (Å²) in [6.07, 6.45) is 2.27. The molecule has 2 heterocycles. The standard InChI is InChI=1S/C26H26ClN5O3/c1-4-35-16-9-7-15(8-10-16)21-18(14-28)24(29)32(19-12-26(2,3)13-20(33)22(19)21)31-25(34)17-6-5-11-30-23(17)27/h5-11,21H,4,12-13,29H2,1-3H3,(H,31,34). The van der Waals surface area contributed by atoms with Gasteiger partial charge >= 0.3 is 0 Å². The first kappa shape index (κ1) is 24.3. The quantitative estimate of drug-likeness (QED) is 0.600. The van der Waals surface area contributed by atoms with Crippen molar-refractivity contribution in [2.24, 2.45) is 11.1 Å². The molecule has 1 aliphatic carbocycles. The third-order valence-corrected chi connectivity index (χ3v) is 6.42. The van der Waals surface area contributed by atoms with Crippen LogP contribution in [0.25, 0.3) is 0 Å². The van der Waals surface area contributed by atoms with Crippen molar-refractivity contribution in [1.29, 1.82) is 5.26 Å². The summed E-state index contributed by atoms with van der Waals surface area (Å²) in [5.74, 6) is -0.539. The molecule has 9 heteroatoms. The van der Waals surface area contributed by atoms with Gasteiger partial charge in [-0.1, -0.05) is 37.6 Å². The van der Waals surface area contributed by atoms with Gasteiger partial charge < -0.3 is 10.5 Å². The number of rotatable bonds is 5. The lowest BCUT2D eigenvalue weighted by Crippen LogP contribution is -2.50. The second-order valence-electron chi connectivity index (χ2n) is 9.27. The third-order valence-electron chi connectivity index (χ3n) is 6.12. The van der Waals surface area contributed by atoms with Crippen LogP contribution in [-0.2, 0) is 4.79 Å². The second kappa shape index (κ2) is 9.43. The number of Topliss-reactive ketones (excluding diaryl/α,β-unsaturated/α-hetero) is 1. The molecule has 4 rings (SSSR count). The average molecular weight is 492 g/mol. The Morgan fingerprint density at radius 3 is 2.66 bits per heavy atom. The van der Waals surface area contributed by atoms with E-state index in [2.05, 4.69) is 16.5 Å². The van der Waals surface area contributed by atoms with Crippen LogP contribution in [0.2, 0.25) is 5.15 Å². The zero-order valence-electron chi connectivity index (χ0n) is 19.8. The van der Waals surface area contributed by atoms with Crippen molar-refractivity contribution < 1.29 is 14.3 Å². The molecule has 0 fully saturated rings. The summed E-state index contributed by atoms with van der Waals surface area (Å²) in [5.41, 5.74) is 11.0. The van der Waals surface area contributed by atoms with Gasteiger partial charge in [-0.2, -0.15) is 5.26 Å². The Balaban J connectivity index is 1.83. The normalized spacial score (nSPS) is 19.2.